The molecule has 0 radical (unpaired) electrons. The molecule has 0 aliphatic carbocycles. The highest BCUT2D eigenvalue weighted by Gasteiger charge is 2.33. The zero-order valence-corrected chi connectivity index (χ0v) is 9.74. The van der Waals surface area contributed by atoms with Crippen LogP contribution in [0.25, 0.3) is 0 Å². The minimum absolute atomic E-state index is 0.177. The van der Waals surface area contributed by atoms with E-state index < -0.39 is 11.7 Å². The molecule has 1 aromatic carbocycles. The highest BCUT2D eigenvalue weighted by Crippen LogP contribution is 2.36. The molecule has 1 nitrogen and oxygen atoms in total. The van der Waals surface area contributed by atoms with Crippen LogP contribution in [-0.4, -0.2) is 0 Å². The first-order chi connectivity index (χ1) is 6.36. The molecule has 0 saturated heterocycles. The Morgan fingerprint density at radius 3 is 2.36 bits per heavy atom. The Bertz CT molecular complexity index is 351. The third-order valence-electron chi connectivity index (χ3n) is 1.66. The molecule has 0 amide bonds. The van der Waals surface area contributed by atoms with Gasteiger partial charge in [0, 0.05) is 10.1 Å². The molecule has 1 rings (SSSR count). The van der Waals surface area contributed by atoms with E-state index in [-0.39, 0.29) is 11.6 Å². The van der Waals surface area contributed by atoms with Crippen LogP contribution in [0, 0.1) is 3.57 Å². The lowest BCUT2D eigenvalue weighted by Gasteiger charge is -2.11. The molecule has 0 aliphatic heterocycles. The molecule has 78 valence electrons. The quantitative estimate of drug-likeness (QED) is 0.782. The zero-order chi connectivity index (χ0) is 10.9. The van der Waals surface area contributed by atoms with Gasteiger partial charge in [0.05, 0.1) is 10.6 Å². The van der Waals surface area contributed by atoms with Crippen molar-refractivity contribution in [1.29, 1.82) is 0 Å². The van der Waals surface area contributed by atoms with Gasteiger partial charge in [-0.1, -0.05) is 11.6 Å². The summed E-state index contributed by atoms with van der Waals surface area (Å²) in [6.07, 6.45) is -4.41. The fraction of sp³-hybridized carbons (Fsp3) is 0.250. The molecular weight excluding hydrogens is 329 g/mol. The lowest BCUT2D eigenvalue weighted by Crippen LogP contribution is -2.08. The summed E-state index contributed by atoms with van der Waals surface area (Å²) < 4.78 is 37.5. The van der Waals surface area contributed by atoms with Crippen LogP contribution >= 0.6 is 34.2 Å². The summed E-state index contributed by atoms with van der Waals surface area (Å²) in [5.74, 6) is 0. The van der Waals surface area contributed by atoms with Gasteiger partial charge in [0.25, 0.3) is 0 Å². The van der Waals surface area contributed by atoms with Gasteiger partial charge in [-0.05, 0) is 40.3 Å². The number of nitrogens with two attached hydrogens (primary N) is 1. The molecule has 0 saturated carbocycles. The highest BCUT2D eigenvalue weighted by atomic mass is 127. The Labute approximate surface area is 97.6 Å². The molecule has 0 atom stereocenters. The smallest absolute Gasteiger partial charge is 0.326 e. The van der Waals surface area contributed by atoms with Crippen LogP contribution in [-0.2, 0) is 12.7 Å². The van der Waals surface area contributed by atoms with Crippen molar-refractivity contribution >= 4 is 34.2 Å². The predicted octanol–water partition coefficient (Wildman–Crippen LogP) is 3.42. The fourth-order valence-electron chi connectivity index (χ4n) is 0.962. The van der Waals surface area contributed by atoms with Crippen molar-refractivity contribution < 1.29 is 13.2 Å². The first kappa shape index (κ1) is 12.1. The molecule has 0 spiro atoms. The summed E-state index contributed by atoms with van der Waals surface area (Å²) in [4.78, 5) is 0. The van der Waals surface area contributed by atoms with Crippen LogP contribution in [0.3, 0.4) is 0 Å². The van der Waals surface area contributed by atoms with Crippen LogP contribution in [0.2, 0.25) is 5.02 Å². The van der Waals surface area contributed by atoms with E-state index in [0.29, 0.717) is 9.13 Å². The maximum Gasteiger partial charge on any atom is 0.417 e. The minimum Gasteiger partial charge on any atom is -0.326 e. The third kappa shape index (κ3) is 2.52. The summed E-state index contributed by atoms with van der Waals surface area (Å²) in [6.45, 7) is 0.177. The number of rotatable bonds is 1. The predicted molar refractivity (Wildman–Crippen MR) is 57.1 cm³/mol. The number of alkyl halides is 3. The summed E-state index contributed by atoms with van der Waals surface area (Å²) in [6, 6.07) is 2.26. The molecule has 0 aromatic heterocycles. The molecule has 1 aromatic rings. The van der Waals surface area contributed by atoms with Crippen molar-refractivity contribution in [2.24, 2.45) is 5.73 Å². The lowest BCUT2D eigenvalue weighted by molar-refractivity contribution is -0.137. The van der Waals surface area contributed by atoms with Gasteiger partial charge in [-0.25, -0.2) is 0 Å². The Kier molecular flexibility index (Phi) is 3.65. The van der Waals surface area contributed by atoms with E-state index in [9.17, 15) is 13.2 Å². The number of hydrogen-bond donors (Lipinski definition) is 1. The average Bonchev–Trinajstić information content (AvgIpc) is 2.06. The van der Waals surface area contributed by atoms with Gasteiger partial charge in [-0.15, -0.1) is 0 Å². The molecule has 6 heteroatoms. The summed E-state index contributed by atoms with van der Waals surface area (Å²) in [5, 5.41) is -0.307. The molecular formula is C8H6ClF3IN. The van der Waals surface area contributed by atoms with Crippen molar-refractivity contribution in [1.82, 2.24) is 0 Å². The molecule has 0 unspecified atom stereocenters. The topological polar surface area (TPSA) is 26.0 Å². The monoisotopic (exact) mass is 335 g/mol. The van der Waals surface area contributed by atoms with Crippen molar-refractivity contribution in [3.63, 3.8) is 0 Å². The second-order valence-electron chi connectivity index (χ2n) is 2.63. The third-order valence-corrected chi connectivity index (χ3v) is 2.98. The van der Waals surface area contributed by atoms with Gasteiger partial charge in [0.15, 0.2) is 0 Å². The van der Waals surface area contributed by atoms with E-state index in [0.717, 1.165) is 6.07 Å². The Morgan fingerprint density at radius 1 is 1.36 bits per heavy atom. The van der Waals surface area contributed by atoms with Crippen molar-refractivity contribution in [3.05, 3.63) is 31.9 Å². The minimum atomic E-state index is -4.41. The van der Waals surface area contributed by atoms with Crippen molar-refractivity contribution in [2.75, 3.05) is 0 Å². The second kappa shape index (κ2) is 4.24. The van der Waals surface area contributed by atoms with E-state index in [2.05, 4.69) is 0 Å². The standard InChI is InChI=1S/C8H6ClF3IN/c9-6-1-4(3-14)7(13)2-5(6)8(10,11)12/h1-2H,3,14H2. The maximum atomic E-state index is 12.3. The maximum absolute atomic E-state index is 12.3. The molecule has 0 heterocycles. The largest absolute Gasteiger partial charge is 0.417 e. The van der Waals surface area contributed by atoms with Gasteiger partial charge < -0.3 is 5.73 Å². The van der Waals surface area contributed by atoms with E-state index in [1.165, 1.54) is 6.07 Å². The Morgan fingerprint density at radius 2 is 1.93 bits per heavy atom. The van der Waals surface area contributed by atoms with E-state index in [4.69, 9.17) is 17.3 Å². The van der Waals surface area contributed by atoms with E-state index in [1.54, 1.807) is 22.6 Å². The van der Waals surface area contributed by atoms with E-state index >= 15 is 0 Å². The van der Waals surface area contributed by atoms with Crippen LogP contribution in [0.1, 0.15) is 11.1 Å². The average molecular weight is 335 g/mol. The first-order valence-corrected chi connectivity index (χ1v) is 5.07. The van der Waals surface area contributed by atoms with Crippen molar-refractivity contribution in [2.45, 2.75) is 12.7 Å². The van der Waals surface area contributed by atoms with Crippen LogP contribution < -0.4 is 5.73 Å². The van der Waals surface area contributed by atoms with E-state index in [1.807, 2.05) is 0 Å². The van der Waals surface area contributed by atoms with Gasteiger partial charge in [-0.2, -0.15) is 13.2 Å². The first-order valence-electron chi connectivity index (χ1n) is 3.61. The molecule has 2 N–H and O–H groups in total. The fourth-order valence-corrected chi connectivity index (χ4v) is 1.94. The van der Waals surface area contributed by atoms with Gasteiger partial charge in [0.1, 0.15) is 0 Å². The molecule has 14 heavy (non-hydrogen) atoms. The van der Waals surface area contributed by atoms with Crippen LogP contribution in [0.5, 0.6) is 0 Å². The normalized spacial score (nSPS) is 11.9. The highest BCUT2D eigenvalue weighted by molar-refractivity contribution is 14.1. The van der Waals surface area contributed by atoms with Gasteiger partial charge >= 0.3 is 6.18 Å². The second-order valence-corrected chi connectivity index (χ2v) is 4.19. The summed E-state index contributed by atoms with van der Waals surface area (Å²) in [7, 11) is 0. The SMILES string of the molecule is NCc1cc(Cl)c(C(F)(F)F)cc1I. The Hall–Kier alpha value is -0.0100. The van der Waals surface area contributed by atoms with Crippen LogP contribution in [0.15, 0.2) is 12.1 Å². The number of benzene rings is 1. The summed E-state index contributed by atoms with van der Waals surface area (Å²) >= 11 is 7.29. The van der Waals surface area contributed by atoms with Crippen LogP contribution in [0.4, 0.5) is 13.2 Å². The zero-order valence-electron chi connectivity index (χ0n) is 6.83. The van der Waals surface area contributed by atoms with Gasteiger partial charge in [-0.3, -0.25) is 0 Å². The molecule has 0 aliphatic rings. The van der Waals surface area contributed by atoms with Gasteiger partial charge in [0.2, 0.25) is 0 Å². The van der Waals surface area contributed by atoms with Crippen molar-refractivity contribution in [3.8, 4) is 0 Å². The molecule has 0 fully saturated rings. The lowest BCUT2D eigenvalue weighted by atomic mass is 10.1. The number of halogens is 5. The molecule has 0 bridgehead atoms. The summed E-state index contributed by atoms with van der Waals surface area (Å²) in [5.41, 5.74) is 5.13. The Balaban J connectivity index is 3.29. The number of hydrogen-bond acceptors (Lipinski definition) is 1.